The van der Waals surface area contributed by atoms with E-state index in [0.29, 0.717) is 6.32 Å². The van der Waals surface area contributed by atoms with Crippen molar-refractivity contribution >= 4 is 12.7 Å². The summed E-state index contributed by atoms with van der Waals surface area (Å²) in [6.45, 7) is 12.4. The average molecular weight is 244 g/mol. The zero-order valence-corrected chi connectivity index (χ0v) is 11.7. The fourth-order valence-electron chi connectivity index (χ4n) is 2.04. The maximum absolute atomic E-state index is 5.97. The van der Waals surface area contributed by atoms with Crippen LogP contribution in [0.2, 0.25) is 6.32 Å². The average Bonchev–Trinajstić information content (AvgIpc) is 2.48. The lowest BCUT2D eigenvalue weighted by Gasteiger charge is -2.32. The van der Waals surface area contributed by atoms with Gasteiger partial charge in [-0.15, -0.1) is 0 Å². The van der Waals surface area contributed by atoms with Crippen molar-refractivity contribution in [3.8, 4) is 0 Å². The highest BCUT2D eigenvalue weighted by Crippen LogP contribution is 2.39. The normalized spacial score (nSPS) is 21.0. The third-order valence-electron chi connectivity index (χ3n) is 3.90. The molecule has 0 radical (unpaired) electrons. The molecule has 0 N–H and O–H groups in total. The molecule has 0 saturated carbocycles. The summed E-state index contributed by atoms with van der Waals surface area (Å²) in [6.07, 6.45) is 0.705. The highest BCUT2D eigenvalue weighted by atomic mass is 16.7. The van der Waals surface area contributed by atoms with Gasteiger partial charge in [-0.25, -0.2) is 0 Å². The van der Waals surface area contributed by atoms with Gasteiger partial charge < -0.3 is 9.31 Å². The molecule has 1 aromatic rings. The first-order chi connectivity index (χ1) is 8.32. The van der Waals surface area contributed by atoms with Gasteiger partial charge in [-0.1, -0.05) is 36.9 Å². The van der Waals surface area contributed by atoms with Gasteiger partial charge in [-0.05, 0) is 38.8 Å². The van der Waals surface area contributed by atoms with Crippen molar-refractivity contribution in [1.82, 2.24) is 0 Å². The second-order valence-electron chi connectivity index (χ2n) is 5.86. The van der Waals surface area contributed by atoms with Gasteiger partial charge in [0.15, 0.2) is 0 Å². The Labute approximate surface area is 110 Å². The summed E-state index contributed by atoms with van der Waals surface area (Å²) in [5.74, 6) is 0. The molecule has 0 aliphatic carbocycles. The Balaban J connectivity index is 2.03. The van der Waals surface area contributed by atoms with Crippen LogP contribution in [0.5, 0.6) is 0 Å². The lowest BCUT2D eigenvalue weighted by Crippen LogP contribution is -2.41. The summed E-state index contributed by atoms with van der Waals surface area (Å²) in [4.78, 5) is 0. The first kappa shape index (κ1) is 13.4. The molecule has 1 aliphatic rings. The van der Waals surface area contributed by atoms with Crippen LogP contribution in [0.25, 0.3) is 5.57 Å². The van der Waals surface area contributed by atoms with Gasteiger partial charge in [0.1, 0.15) is 0 Å². The smallest absolute Gasteiger partial charge is 0.403 e. The highest BCUT2D eigenvalue weighted by Gasteiger charge is 2.50. The van der Waals surface area contributed by atoms with Crippen LogP contribution in [0.4, 0.5) is 0 Å². The van der Waals surface area contributed by atoms with Gasteiger partial charge in [0.2, 0.25) is 0 Å². The second-order valence-corrected chi connectivity index (χ2v) is 5.86. The third kappa shape index (κ3) is 2.52. The maximum Gasteiger partial charge on any atom is 0.462 e. The molecule has 0 spiro atoms. The Morgan fingerprint density at radius 1 is 1.06 bits per heavy atom. The predicted octanol–water partition coefficient (Wildman–Crippen LogP) is 3.79. The minimum atomic E-state index is -0.269. The van der Waals surface area contributed by atoms with E-state index in [-0.39, 0.29) is 18.3 Å². The van der Waals surface area contributed by atoms with E-state index < -0.39 is 0 Å². The fraction of sp³-hybridized carbons (Fsp3) is 0.467. The van der Waals surface area contributed by atoms with Crippen LogP contribution in [-0.4, -0.2) is 18.3 Å². The molecular weight excluding hydrogens is 223 g/mol. The third-order valence-corrected chi connectivity index (χ3v) is 3.90. The zero-order valence-electron chi connectivity index (χ0n) is 11.7. The molecule has 1 aliphatic heterocycles. The second kappa shape index (κ2) is 4.56. The summed E-state index contributed by atoms with van der Waals surface area (Å²) in [6, 6.07) is 10.2. The molecule has 0 amide bonds. The van der Waals surface area contributed by atoms with Crippen molar-refractivity contribution in [1.29, 1.82) is 0 Å². The first-order valence-corrected chi connectivity index (χ1v) is 6.41. The standard InChI is InChI=1S/C15H21BO2/c1-12(13-9-7-6-8-10-13)11-16-17-14(2,3)15(4,5)18-16/h6-10H,1,11H2,2-5H3. The van der Waals surface area contributed by atoms with E-state index in [1.807, 2.05) is 18.2 Å². The highest BCUT2D eigenvalue weighted by molar-refractivity contribution is 6.48. The summed E-state index contributed by atoms with van der Waals surface area (Å²) in [5.41, 5.74) is 1.66. The Hall–Kier alpha value is -1.06. The number of hydrogen-bond donors (Lipinski definition) is 0. The van der Waals surface area contributed by atoms with Crippen LogP contribution in [-0.2, 0) is 9.31 Å². The van der Waals surface area contributed by atoms with E-state index in [4.69, 9.17) is 9.31 Å². The topological polar surface area (TPSA) is 18.5 Å². The molecule has 1 aromatic carbocycles. The number of benzene rings is 1. The van der Waals surface area contributed by atoms with E-state index >= 15 is 0 Å². The van der Waals surface area contributed by atoms with Gasteiger partial charge in [0, 0.05) is 6.32 Å². The molecule has 0 bridgehead atoms. The summed E-state index contributed by atoms with van der Waals surface area (Å²) < 4.78 is 11.9. The zero-order chi connectivity index (χ0) is 13.4. The van der Waals surface area contributed by atoms with E-state index in [0.717, 1.165) is 11.1 Å². The molecule has 1 heterocycles. The van der Waals surface area contributed by atoms with Crippen LogP contribution >= 0.6 is 0 Å². The lowest BCUT2D eigenvalue weighted by atomic mass is 9.79. The SMILES string of the molecule is C=C(CB1OC(C)(C)C(C)(C)O1)c1ccccc1. The molecule has 18 heavy (non-hydrogen) atoms. The molecular formula is C15H21BO2. The largest absolute Gasteiger partial charge is 0.462 e. The van der Waals surface area contributed by atoms with Crippen molar-refractivity contribution in [2.75, 3.05) is 0 Å². The fourth-order valence-corrected chi connectivity index (χ4v) is 2.04. The monoisotopic (exact) mass is 244 g/mol. The minimum absolute atomic E-state index is 0.206. The van der Waals surface area contributed by atoms with Gasteiger partial charge in [-0.2, -0.15) is 0 Å². The maximum atomic E-state index is 5.97. The first-order valence-electron chi connectivity index (χ1n) is 6.41. The summed E-state index contributed by atoms with van der Waals surface area (Å²) in [7, 11) is -0.206. The molecule has 0 atom stereocenters. The van der Waals surface area contributed by atoms with Gasteiger partial charge >= 0.3 is 7.12 Å². The Kier molecular flexibility index (Phi) is 3.39. The van der Waals surface area contributed by atoms with E-state index in [9.17, 15) is 0 Å². The van der Waals surface area contributed by atoms with Gasteiger partial charge in [0.05, 0.1) is 11.2 Å². The van der Waals surface area contributed by atoms with E-state index in [1.165, 1.54) is 0 Å². The lowest BCUT2D eigenvalue weighted by molar-refractivity contribution is 0.00578. The van der Waals surface area contributed by atoms with Crippen LogP contribution in [0.15, 0.2) is 36.9 Å². The van der Waals surface area contributed by atoms with E-state index in [1.54, 1.807) is 0 Å². The molecule has 1 saturated heterocycles. The quantitative estimate of drug-likeness (QED) is 0.753. The van der Waals surface area contributed by atoms with Crippen molar-refractivity contribution in [3.63, 3.8) is 0 Å². The van der Waals surface area contributed by atoms with Gasteiger partial charge in [0.25, 0.3) is 0 Å². The molecule has 3 heteroatoms. The minimum Gasteiger partial charge on any atom is -0.403 e. The summed E-state index contributed by atoms with van der Waals surface area (Å²) in [5, 5.41) is 0. The van der Waals surface area contributed by atoms with Crippen LogP contribution in [0, 0.1) is 0 Å². The van der Waals surface area contributed by atoms with Crippen molar-refractivity contribution in [3.05, 3.63) is 42.5 Å². The molecule has 1 fully saturated rings. The molecule has 0 unspecified atom stereocenters. The number of allylic oxidation sites excluding steroid dienone is 1. The van der Waals surface area contributed by atoms with Crippen LogP contribution in [0.3, 0.4) is 0 Å². The van der Waals surface area contributed by atoms with Crippen LogP contribution in [0.1, 0.15) is 33.3 Å². The van der Waals surface area contributed by atoms with Crippen LogP contribution < -0.4 is 0 Å². The molecule has 0 aromatic heterocycles. The van der Waals surface area contributed by atoms with Gasteiger partial charge in [-0.3, -0.25) is 0 Å². The Morgan fingerprint density at radius 3 is 2.06 bits per heavy atom. The molecule has 2 rings (SSSR count). The predicted molar refractivity (Wildman–Crippen MR) is 76.4 cm³/mol. The number of rotatable bonds is 3. The Bertz CT molecular complexity index is 421. The Morgan fingerprint density at radius 2 is 1.56 bits per heavy atom. The summed E-state index contributed by atoms with van der Waals surface area (Å²) >= 11 is 0. The number of hydrogen-bond acceptors (Lipinski definition) is 2. The molecule has 96 valence electrons. The van der Waals surface area contributed by atoms with Crippen molar-refractivity contribution < 1.29 is 9.31 Å². The van der Waals surface area contributed by atoms with E-state index in [2.05, 4.69) is 46.4 Å². The molecule has 2 nitrogen and oxygen atoms in total. The van der Waals surface area contributed by atoms with Crippen molar-refractivity contribution in [2.45, 2.75) is 45.2 Å². The van der Waals surface area contributed by atoms with Crippen molar-refractivity contribution in [2.24, 2.45) is 0 Å².